The first-order valence-electron chi connectivity index (χ1n) is 10.4. The third-order valence-corrected chi connectivity index (χ3v) is 5.52. The number of hydrogen-bond acceptors (Lipinski definition) is 6. The summed E-state index contributed by atoms with van der Waals surface area (Å²) in [6.45, 7) is 2.10. The van der Waals surface area contributed by atoms with Crippen molar-refractivity contribution in [2.45, 2.75) is 13.5 Å². The summed E-state index contributed by atoms with van der Waals surface area (Å²) in [6.07, 6.45) is 3.48. The van der Waals surface area contributed by atoms with Gasteiger partial charge in [0.15, 0.2) is 0 Å². The van der Waals surface area contributed by atoms with Crippen LogP contribution in [0.2, 0.25) is 0 Å². The third kappa shape index (κ3) is 3.76. The molecule has 0 bridgehead atoms. The highest BCUT2D eigenvalue weighted by atomic mass is 16.5. The Bertz CT molecular complexity index is 1500. The lowest BCUT2D eigenvalue weighted by Crippen LogP contribution is -2.22. The summed E-state index contributed by atoms with van der Waals surface area (Å²) in [4.78, 5) is 17.8. The van der Waals surface area contributed by atoms with Crippen LogP contribution in [0.1, 0.15) is 11.5 Å². The molecule has 0 radical (unpaired) electrons. The SMILES string of the molecule is COc1ccc(-c2nc(Cn3ccn4nc(-c5ccccc5)cc4c3=O)c(C)o2)c(OC)c1. The van der Waals surface area contributed by atoms with E-state index < -0.39 is 0 Å². The predicted octanol–water partition coefficient (Wildman–Crippen LogP) is 4.19. The van der Waals surface area contributed by atoms with Gasteiger partial charge in [0.1, 0.15) is 28.5 Å². The van der Waals surface area contributed by atoms with Crippen LogP contribution in [0, 0.1) is 6.92 Å². The van der Waals surface area contributed by atoms with E-state index in [1.807, 2.05) is 49.4 Å². The van der Waals surface area contributed by atoms with E-state index in [1.54, 1.807) is 47.8 Å². The Labute approximate surface area is 189 Å². The topological polar surface area (TPSA) is 83.8 Å². The van der Waals surface area contributed by atoms with Crippen LogP contribution in [0.25, 0.3) is 28.2 Å². The minimum atomic E-state index is -0.154. The second-order valence-corrected chi connectivity index (χ2v) is 7.54. The molecule has 0 saturated carbocycles. The van der Waals surface area contributed by atoms with Gasteiger partial charge in [-0.3, -0.25) is 4.79 Å². The maximum atomic E-state index is 13.1. The Balaban J connectivity index is 1.49. The van der Waals surface area contributed by atoms with Crippen LogP contribution in [0.3, 0.4) is 0 Å². The number of benzene rings is 2. The molecular formula is C25H22N4O4. The quantitative estimate of drug-likeness (QED) is 0.392. The van der Waals surface area contributed by atoms with Crippen molar-refractivity contribution in [3.05, 3.63) is 88.8 Å². The van der Waals surface area contributed by atoms with Crippen molar-refractivity contribution in [1.82, 2.24) is 19.2 Å². The van der Waals surface area contributed by atoms with Gasteiger partial charge in [-0.05, 0) is 25.1 Å². The first kappa shape index (κ1) is 20.6. The van der Waals surface area contributed by atoms with Gasteiger partial charge in [0, 0.05) is 24.0 Å². The van der Waals surface area contributed by atoms with E-state index >= 15 is 0 Å². The first-order valence-corrected chi connectivity index (χ1v) is 10.4. The van der Waals surface area contributed by atoms with Gasteiger partial charge in [-0.25, -0.2) is 9.50 Å². The minimum absolute atomic E-state index is 0.154. The zero-order valence-corrected chi connectivity index (χ0v) is 18.5. The number of aromatic nitrogens is 4. The summed E-state index contributed by atoms with van der Waals surface area (Å²) in [7, 11) is 3.18. The van der Waals surface area contributed by atoms with E-state index in [-0.39, 0.29) is 12.1 Å². The fourth-order valence-corrected chi connectivity index (χ4v) is 3.73. The molecule has 3 aromatic heterocycles. The number of rotatable bonds is 6. The first-order chi connectivity index (χ1) is 16.1. The van der Waals surface area contributed by atoms with Gasteiger partial charge < -0.3 is 18.5 Å². The van der Waals surface area contributed by atoms with E-state index in [4.69, 9.17) is 13.9 Å². The van der Waals surface area contributed by atoms with Gasteiger partial charge in [-0.15, -0.1) is 0 Å². The average Bonchev–Trinajstić information content (AvgIpc) is 3.45. The number of ether oxygens (including phenoxy) is 2. The molecule has 8 heteroatoms. The van der Waals surface area contributed by atoms with Crippen LogP contribution >= 0.6 is 0 Å². The maximum Gasteiger partial charge on any atom is 0.276 e. The molecule has 0 atom stereocenters. The molecule has 3 heterocycles. The Morgan fingerprint density at radius 1 is 1.00 bits per heavy atom. The van der Waals surface area contributed by atoms with Crippen LogP contribution in [0.5, 0.6) is 11.5 Å². The van der Waals surface area contributed by atoms with Crippen molar-refractivity contribution in [3.8, 4) is 34.2 Å². The van der Waals surface area contributed by atoms with Crippen molar-refractivity contribution >= 4 is 5.52 Å². The van der Waals surface area contributed by atoms with E-state index in [1.165, 1.54) is 0 Å². The number of oxazole rings is 1. The normalized spacial score (nSPS) is 11.1. The molecule has 166 valence electrons. The van der Waals surface area contributed by atoms with Crippen LogP contribution < -0.4 is 15.0 Å². The van der Waals surface area contributed by atoms with Crippen LogP contribution in [-0.4, -0.2) is 33.4 Å². The fraction of sp³-hybridized carbons (Fsp3) is 0.160. The molecule has 2 aromatic carbocycles. The lowest BCUT2D eigenvalue weighted by Gasteiger charge is -2.07. The molecule has 33 heavy (non-hydrogen) atoms. The molecule has 0 aliphatic rings. The van der Waals surface area contributed by atoms with Gasteiger partial charge in [-0.1, -0.05) is 30.3 Å². The van der Waals surface area contributed by atoms with E-state index in [0.29, 0.717) is 39.9 Å². The zero-order chi connectivity index (χ0) is 22.9. The number of nitrogens with zero attached hydrogens (tertiary/aromatic N) is 4. The maximum absolute atomic E-state index is 13.1. The molecule has 0 fully saturated rings. The van der Waals surface area contributed by atoms with Crippen molar-refractivity contribution in [3.63, 3.8) is 0 Å². The number of fused-ring (bicyclic) bond motifs is 1. The van der Waals surface area contributed by atoms with Crippen LogP contribution in [0.4, 0.5) is 0 Å². The Kier molecular flexibility index (Phi) is 5.18. The average molecular weight is 442 g/mol. The molecule has 0 saturated heterocycles. The molecule has 0 aliphatic heterocycles. The van der Waals surface area contributed by atoms with Gasteiger partial charge in [0.05, 0.1) is 32.0 Å². The van der Waals surface area contributed by atoms with Crippen molar-refractivity contribution in [2.24, 2.45) is 0 Å². The molecule has 0 spiro atoms. The zero-order valence-electron chi connectivity index (χ0n) is 18.5. The van der Waals surface area contributed by atoms with E-state index in [0.717, 1.165) is 11.3 Å². The molecule has 5 rings (SSSR count). The number of hydrogen-bond donors (Lipinski definition) is 0. The molecule has 8 nitrogen and oxygen atoms in total. The summed E-state index contributed by atoms with van der Waals surface area (Å²) in [6, 6.07) is 17.0. The monoisotopic (exact) mass is 442 g/mol. The summed E-state index contributed by atoms with van der Waals surface area (Å²) < 4.78 is 19.8. The Morgan fingerprint density at radius 3 is 2.58 bits per heavy atom. The van der Waals surface area contributed by atoms with E-state index in [9.17, 15) is 4.79 Å². The summed E-state index contributed by atoms with van der Waals surface area (Å²) in [5, 5.41) is 4.53. The highest BCUT2D eigenvalue weighted by molar-refractivity contribution is 5.66. The highest BCUT2D eigenvalue weighted by Crippen LogP contribution is 2.33. The number of methoxy groups -OCH3 is 2. The van der Waals surface area contributed by atoms with Crippen molar-refractivity contribution < 1.29 is 13.9 Å². The molecule has 0 unspecified atom stereocenters. The minimum Gasteiger partial charge on any atom is -0.497 e. The van der Waals surface area contributed by atoms with E-state index in [2.05, 4.69) is 10.1 Å². The smallest absolute Gasteiger partial charge is 0.276 e. The van der Waals surface area contributed by atoms with Crippen molar-refractivity contribution in [2.75, 3.05) is 14.2 Å². The van der Waals surface area contributed by atoms with Gasteiger partial charge in [0.2, 0.25) is 5.89 Å². The second kappa shape index (κ2) is 8.31. The molecule has 0 aliphatic carbocycles. The predicted molar refractivity (Wildman–Crippen MR) is 124 cm³/mol. The lowest BCUT2D eigenvalue weighted by molar-refractivity contribution is 0.394. The summed E-state index contributed by atoms with van der Waals surface area (Å²) in [5.74, 6) is 2.32. The van der Waals surface area contributed by atoms with Crippen molar-refractivity contribution in [1.29, 1.82) is 0 Å². The standard InChI is InChI=1S/C25H22N4O4/c1-16-21(26-24(33-16)19-10-9-18(31-2)13-23(19)32-3)15-28-11-12-29-22(25(28)30)14-20(27-29)17-7-5-4-6-8-17/h4-14H,15H2,1-3H3. The van der Waals surface area contributed by atoms with Crippen LogP contribution in [0.15, 0.2) is 76.2 Å². The third-order valence-electron chi connectivity index (χ3n) is 5.52. The van der Waals surface area contributed by atoms with Crippen LogP contribution in [-0.2, 0) is 6.54 Å². The second-order valence-electron chi connectivity index (χ2n) is 7.54. The van der Waals surface area contributed by atoms with Gasteiger partial charge >= 0.3 is 0 Å². The summed E-state index contributed by atoms with van der Waals surface area (Å²) in [5.41, 5.74) is 3.41. The Hall–Kier alpha value is -4.33. The molecule has 0 amide bonds. The number of aryl methyl sites for hydroxylation is 1. The molecule has 0 N–H and O–H groups in total. The van der Waals surface area contributed by atoms with Gasteiger partial charge in [0.25, 0.3) is 5.56 Å². The molecular weight excluding hydrogens is 420 g/mol. The van der Waals surface area contributed by atoms with Gasteiger partial charge in [-0.2, -0.15) is 5.10 Å². The Morgan fingerprint density at radius 2 is 1.82 bits per heavy atom. The largest absolute Gasteiger partial charge is 0.497 e. The summed E-state index contributed by atoms with van der Waals surface area (Å²) >= 11 is 0. The molecule has 5 aromatic rings. The highest BCUT2D eigenvalue weighted by Gasteiger charge is 2.17. The fourth-order valence-electron chi connectivity index (χ4n) is 3.73. The lowest BCUT2D eigenvalue weighted by atomic mass is 10.1.